The number of halogens is 1. The van der Waals surface area contributed by atoms with Crippen molar-refractivity contribution < 1.29 is 14.3 Å². The van der Waals surface area contributed by atoms with Crippen molar-refractivity contribution in [3.05, 3.63) is 58.1 Å². The topological polar surface area (TPSA) is 35.5 Å². The van der Waals surface area contributed by atoms with Gasteiger partial charge in [0, 0.05) is 10.9 Å². The first-order chi connectivity index (χ1) is 9.75. The van der Waals surface area contributed by atoms with Crippen LogP contribution in [0.5, 0.6) is 11.5 Å². The van der Waals surface area contributed by atoms with E-state index in [-0.39, 0.29) is 5.78 Å². The van der Waals surface area contributed by atoms with E-state index in [1.807, 2.05) is 36.4 Å². The zero-order valence-corrected chi connectivity index (χ0v) is 12.4. The van der Waals surface area contributed by atoms with Crippen molar-refractivity contribution in [2.45, 2.75) is 6.42 Å². The van der Waals surface area contributed by atoms with Gasteiger partial charge in [0.1, 0.15) is 13.2 Å². The summed E-state index contributed by atoms with van der Waals surface area (Å²) in [5, 5.41) is 0. The van der Waals surface area contributed by atoms with Crippen molar-refractivity contribution in [1.82, 2.24) is 0 Å². The van der Waals surface area contributed by atoms with E-state index in [0.29, 0.717) is 36.7 Å². The van der Waals surface area contributed by atoms with Crippen molar-refractivity contribution in [3.8, 4) is 11.5 Å². The highest BCUT2D eigenvalue weighted by atomic mass is 79.9. The fourth-order valence-corrected chi connectivity index (χ4v) is 2.63. The highest BCUT2D eigenvalue weighted by Crippen LogP contribution is 2.34. The van der Waals surface area contributed by atoms with Crippen LogP contribution in [0.15, 0.2) is 46.9 Å². The molecule has 2 aromatic rings. The van der Waals surface area contributed by atoms with Crippen LogP contribution in [0, 0.1) is 0 Å². The van der Waals surface area contributed by atoms with Crippen molar-refractivity contribution in [1.29, 1.82) is 0 Å². The second kappa shape index (κ2) is 5.67. The summed E-state index contributed by atoms with van der Waals surface area (Å²) >= 11 is 3.46. The van der Waals surface area contributed by atoms with Crippen LogP contribution in [0.2, 0.25) is 0 Å². The number of ether oxygens (including phenoxy) is 2. The van der Waals surface area contributed by atoms with Gasteiger partial charge in [0.05, 0.1) is 5.56 Å². The lowest BCUT2D eigenvalue weighted by Crippen LogP contribution is -2.18. The van der Waals surface area contributed by atoms with Gasteiger partial charge in [0.15, 0.2) is 17.3 Å². The van der Waals surface area contributed by atoms with Crippen molar-refractivity contribution >= 4 is 21.7 Å². The van der Waals surface area contributed by atoms with E-state index in [9.17, 15) is 4.79 Å². The van der Waals surface area contributed by atoms with Gasteiger partial charge < -0.3 is 9.47 Å². The number of para-hydroxylation sites is 1. The van der Waals surface area contributed by atoms with Crippen molar-refractivity contribution in [2.75, 3.05) is 13.2 Å². The maximum atomic E-state index is 12.5. The Morgan fingerprint density at radius 2 is 1.85 bits per heavy atom. The Labute approximate surface area is 125 Å². The number of hydrogen-bond donors (Lipinski definition) is 0. The molecule has 3 nitrogen and oxygen atoms in total. The van der Waals surface area contributed by atoms with Gasteiger partial charge in [0.25, 0.3) is 0 Å². The fourth-order valence-electron chi connectivity index (χ4n) is 2.20. The zero-order valence-electron chi connectivity index (χ0n) is 10.8. The zero-order chi connectivity index (χ0) is 13.9. The predicted octanol–water partition coefficient (Wildman–Crippen LogP) is 3.65. The number of ketones is 1. The summed E-state index contributed by atoms with van der Waals surface area (Å²) in [7, 11) is 0. The minimum atomic E-state index is 0.0271. The Morgan fingerprint density at radius 1 is 1.05 bits per heavy atom. The van der Waals surface area contributed by atoms with Crippen LogP contribution in [0.25, 0.3) is 0 Å². The number of Topliss-reactive ketones (excluding diaryl/α,β-unsaturated/α-hetero) is 1. The molecule has 4 heteroatoms. The van der Waals surface area contributed by atoms with E-state index in [1.165, 1.54) is 0 Å². The van der Waals surface area contributed by atoms with Crippen LogP contribution in [0.3, 0.4) is 0 Å². The number of benzene rings is 2. The number of hydrogen-bond acceptors (Lipinski definition) is 3. The van der Waals surface area contributed by atoms with Gasteiger partial charge in [-0.25, -0.2) is 0 Å². The molecule has 0 aliphatic carbocycles. The van der Waals surface area contributed by atoms with Gasteiger partial charge >= 0.3 is 0 Å². The van der Waals surface area contributed by atoms with Crippen LogP contribution >= 0.6 is 15.9 Å². The lowest BCUT2D eigenvalue weighted by Gasteiger charge is -2.20. The standard InChI is InChI=1S/C16H13BrO3/c17-13-6-2-1-4-11(13)10-14(18)12-5-3-7-15-16(12)20-9-8-19-15/h1-7H,8-10H2. The number of fused-ring (bicyclic) bond motifs is 1. The minimum absolute atomic E-state index is 0.0271. The third-order valence-electron chi connectivity index (χ3n) is 3.18. The maximum Gasteiger partial charge on any atom is 0.172 e. The van der Waals surface area contributed by atoms with E-state index >= 15 is 0 Å². The van der Waals surface area contributed by atoms with E-state index in [4.69, 9.17) is 9.47 Å². The molecule has 20 heavy (non-hydrogen) atoms. The molecule has 1 aliphatic heterocycles. The maximum absolute atomic E-state index is 12.5. The molecular formula is C16H13BrO3. The Hall–Kier alpha value is -1.81. The Morgan fingerprint density at radius 3 is 2.70 bits per heavy atom. The molecule has 0 fully saturated rings. The summed E-state index contributed by atoms with van der Waals surface area (Å²) in [6.45, 7) is 1.00. The molecule has 0 saturated carbocycles. The van der Waals surface area contributed by atoms with Gasteiger partial charge in [-0.05, 0) is 23.8 Å². The molecule has 0 saturated heterocycles. The first-order valence-corrected chi connectivity index (χ1v) is 7.20. The summed E-state index contributed by atoms with van der Waals surface area (Å²) in [6.07, 6.45) is 0.335. The van der Waals surface area contributed by atoms with Gasteiger partial charge in [-0.2, -0.15) is 0 Å². The molecule has 0 N–H and O–H groups in total. The third kappa shape index (κ3) is 2.56. The van der Waals surface area contributed by atoms with Gasteiger partial charge in [-0.3, -0.25) is 4.79 Å². The average Bonchev–Trinajstić information content (AvgIpc) is 2.49. The van der Waals surface area contributed by atoms with Crippen molar-refractivity contribution in [3.63, 3.8) is 0 Å². The number of rotatable bonds is 3. The number of carbonyl (C=O) groups excluding carboxylic acids is 1. The summed E-state index contributed by atoms with van der Waals surface area (Å²) in [5.74, 6) is 1.24. The number of carbonyl (C=O) groups is 1. The Bertz CT molecular complexity index is 652. The largest absolute Gasteiger partial charge is 0.486 e. The molecule has 2 aromatic carbocycles. The smallest absolute Gasteiger partial charge is 0.172 e. The Kier molecular flexibility index (Phi) is 3.74. The molecule has 1 heterocycles. The van der Waals surface area contributed by atoms with Crippen LogP contribution in [0.4, 0.5) is 0 Å². The van der Waals surface area contributed by atoms with E-state index in [2.05, 4.69) is 15.9 Å². The SMILES string of the molecule is O=C(Cc1ccccc1Br)c1cccc2c1OCCO2. The summed E-state index contributed by atoms with van der Waals surface area (Å²) < 4.78 is 12.0. The van der Waals surface area contributed by atoms with Crippen LogP contribution in [0.1, 0.15) is 15.9 Å². The molecule has 0 aromatic heterocycles. The molecular weight excluding hydrogens is 320 g/mol. The molecule has 1 aliphatic rings. The molecule has 102 valence electrons. The second-order valence-corrected chi connectivity index (χ2v) is 5.38. The lowest BCUT2D eigenvalue weighted by atomic mass is 10.0. The average molecular weight is 333 g/mol. The van der Waals surface area contributed by atoms with Crippen LogP contribution in [-0.4, -0.2) is 19.0 Å². The minimum Gasteiger partial charge on any atom is -0.486 e. The molecule has 0 bridgehead atoms. The molecule has 3 rings (SSSR count). The summed E-state index contributed by atoms with van der Waals surface area (Å²) in [6, 6.07) is 13.2. The molecule has 0 atom stereocenters. The van der Waals surface area contributed by atoms with Gasteiger partial charge in [0.2, 0.25) is 0 Å². The van der Waals surface area contributed by atoms with E-state index in [0.717, 1.165) is 10.0 Å². The highest BCUT2D eigenvalue weighted by molar-refractivity contribution is 9.10. The first-order valence-electron chi connectivity index (χ1n) is 6.41. The van der Waals surface area contributed by atoms with Crippen LogP contribution in [-0.2, 0) is 6.42 Å². The summed E-state index contributed by atoms with van der Waals surface area (Å²) in [4.78, 5) is 12.5. The fraction of sp³-hybridized carbons (Fsp3) is 0.188. The quantitative estimate of drug-likeness (QED) is 0.805. The highest BCUT2D eigenvalue weighted by Gasteiger charge is 2.20. The van der Waals surface area contributed by atoms with Gasteiger partial charge in [-0.15, -0.1) is 0 Å². The summed E-state index contributed by atoms with van der Waals surface area (Å²) in [5.41, 5.74) is 1.55. The van der Waals surface area contributed by atoms with Crippen LogP contribution < -0.4 is 9.47 Å². The van der Waals surface area contributed by atoms with E-state index < -0.39 is 0 Å². The normalized spacial score (nSPS) is 13.1. The third-order valence-corrected chi connectivity index (χ3v) is 3.95. The first kappa shape index (κ1) is 13.2. The Balaban J connectivity index is 1.90. The monoisotopic (exact) mass is 332 g/mol. The second-order valence-electron chi connectivity index (χ2n) is 4.52. The van der Waals surface area contributed by atoms with Crippen molar-refractivity contribution in [2.24, 2.45) is 0 Å². The molecule has 0 radical (unpaired) electrons. The van der Waals surface area contributed by atoms with Gasteiger partial charge in [-0.1, -0.05) is 40.2 Å². The van der Waals surface area contributed by atoms with E-state index in [1.54, 1.807) is 6.07 Å². The molecule has 0 amide bonds. The lowest BCUT2D eigenvalue weighted by molar-refractivity contribution is 0.0981. The predicted molar refractivity (Wildman–Crippen MR) is 79.6 cm³/mol. The molecule has 0 unspecified atom stereocenters. The molecule has 0 spiro atoms.